The summed E-state index contributed by atoms with van der Waals surface area (Å²) in [5, 5.41) is 0. The molecule has 1 aromatic carbocycles. The summed E-state index contributed by atoms with van der Waals surface area (Å²) in [6.45, 7) is -0.979. The maximum Gasteiger partial charge on any atom is 0.387 e. The summed E-state index contributed by atoms with van der Waals surface area (Å²) in [4.78, 5) is 0. The van der Waals surface area contributed by atoms with Crippen LogP contribution in [0.3, 0.4) is 0 Å². The van der Waals surface area contributed by atoms with Crippen molar-refractivity contribution < 1.29 is 17.9 Å². The normalized spacial score (nSPS) is 10.6. The van der Waals surface area contributed by atoms with Gasteiger partial charge < -0.3 is 4.74 Å². The molecular weight excluding hydrogens is 193 g/mol. The Morgan fingerprint density at radius 1 is 1.36 bits per heavy atom. The first-order valence-corrected chi connectivity index (χ1v) is 4.36. The third-order valence-electron chi connectivity index (χ3n) is 1.76. The summed E-state index contributed by atoms with van der Waals surface area (Å²) in [6, 6.07) is 3.56. The van der Waals surface area contributed by atoms with Crippen LogP contribution in [0.15, 0.2) is 18.2 Å². The lowest BCUT2D eigenvalue weighted by molar-refractivity contribution is -0.0505. The Labute approximate surface area is 80.5 Å². The standard InChI is InChI=1S/C10H11F3O/c1-2-3-7-6-8(11)4-5-9(7)14-10(12)13/h4-6,10H,2-3H2,1H3. The van der Waals surface area contributed by atoms with Gasteiger partial charge in [-0.05, 0) is 30.2 Å². The van der Waals surface area contributed by atoms with Crippen LogP contribution < -0.4 is 4.74 Å². The van der Waals surface area contributed by atoms with Gasteiger partial charge in [-0.15, -0.1) is 0 Å². The number of rotatable bonds is 4. The van der Waals surface area contributed by atoms with Crippen molar-refractivity contribution in [2.45, 2.75) is 26.4 Å². The van der Waals surface area contributed by atoms with Crippen LogP contribution in [0.2, 0.25) is 0 Å². The predicted molar refractivity (Wildman–Crippen MR) is 47.0 cm³/mol. The molecule has 0 fully saturated rings. The van der Waals surface area contributed by atoms with E-state index in [-0.39, 0.29) is 5.75 Å². The monoisotopic (exact) mass is 204 g/mol. The number of benzene rings is 1. The average molecular weight is 204 g/mol. The van der Waals surface area contributed by atoms with E-state index in [9.17, 15) is 13.2 Å². The van der Waals surface area contributed by atoms with Gasteiger partial charge in [-0.3, -0.25) is 0 Å². The van der Waals surface area contributed by atoms with E-state index < -0.39 is 12.4 Å². The summed E-state index contributed by atoms with van der Waals surface area (Å²) in [6.07, 6.45) is 1.28. The number of aryl methyl sites for hydroxylation is 1. The van der Waals surface area contributed by atoms with Crippen LogP contribution >= 0.6 is 0 Å². The Bertz CT molecular complexity index is 299. The smallest absolute Gasteiger partial charge is 0.387 e. The van der Waals surface area contributed by atoms with Crippen molar-refractivity contribution in [3.05, 3.63) is 29.6 Å². The van der Waals surface area contributed by atoms with Gasteiger partial charge in [0.1, 0.15) is 11.6 Å². The van der Waals surface area contributed by atoms with Crippen molar-refractivity contribution in [1.82, 2.24) is 0 Å². The van der Waals surface area contributed by atoms with Crippen molar-refractivity contribution in [3.8, 4) is 5.75 Å². The molecule has 0 aromatic heterocycles. The third kappa shape index (κ3) is 2.94. The fraction of sp³-hybridized carbons (Fsp3) is 0.400. The van der Waals surface area contributed by atoms with Gasteiger partial charge in [-0.2, -0.15) is 8.78 Å². The zero-order valence-electron chi connectivity index (χ0n) is 7.77. The lowest BCUT2D eigenvalue weighted by Crippen LogP contribution is -2.04. The molecular formula is C10H11F3O. The molecule has 0 saturated heterocycles. The Morgan fingerprint density at radius 3 is 2.64 bits per heavy atom. The van der Waals surface area contributed by atoms with Crippen LogP contribution in [0.5, 0.6) is 5.75 Å². The lowest BCUT2D eigenvalue weighted by Gasteiger charge is -2.09. The van der Waals surface area contributed by atoms with Crippen LogP contribution in [-0.4, -0.2) is 6.61 Å². The molecule has 1 aromatic rings. The van der Waals surface area contributed by atoms with Crippen LogP contribution in [-0.2, 0) is 6.42 Å². The molecule has 1 nitrogen and oxygen atoms in total. The molecule has 1 rings (SSSR count). The number of hydrogen-bond acceptors (Lipinski definition) is 1. The second kappa shape index (κ2) is 4.88. The average Bonchev–Trinajstić information content (AvgIpc) is 2.09. The Morgan fingerprint density at radius 2 is 2.07 bits per heavy atom. The van der Waals surface area contributed by atoms with E-state index in [1.54, 1.807) is 0 Å². The van der Waals surface area contributed by atoms with E-state index in [2.05, 4.69) is 4.74 Å². The molecule has 0 aliphatic heterocycles. The van der Waals surface area contributed by atoms with Gasteiger partial charge in [-0.1, -0.05) is 13.3 Å². The zero-order valence-corrected chi connectivity index (χ0v) is 7.77. The van der Waals surface area contributed by atoms with Crippen LogP contribution in [0.1, 0.15) is 18.9 Å². The van der Waals surface area contributed by atoms with Crippen molar-refractivity contribution >= 4 is 0 Å². The minimum atomic E-state index is -2.86. The number of ether oxygens (including phenoxy) is 1. The molecule has 0 aliphatic carbocycles. The fourth-order valence-electron chi connectivity index (χ4n) is 1.22. The summed E-state index contributed by atoms with van der Waals surface area (Å²) in [5.74, 6) is -0.377. The molecule has 78 valence electrons. The van der Waals surface area contributed by atoms with Crippen LogP contribution in [0.25, 0.3) is 0 Å². The van der Waals surface area contributed by atoms with E-state index >= 15 is 0 Å². The summed E-state index contributed by atoms with van der Waals surface area (Å²) < 4.78 is 40.9. The molecule has 0 atom stereocenters. The molecule has 0 amide bonds. The molecule has 0 N–H and O–H groups in total. The van der Waals surface area contributed by atoms with Gasteiger partial charge in [0.15, 0.2) is 0 Å². The molecule has 0 bridgehead atoms. The Kier molecular flexibility index (Phi) is 3.80. The topological polar surface area (TPSA) is 9.23 Å². The lowest BCUT2D eigenvalue weighted by atomic mass is 10.1. The minimum absolute atomic E-state index is 0.0586. The minimum Gasteiger partial charge on any atom is -0.435 e. The van der Waals surface area contributed by atoms with Crippen molar-refractivity contribution in [2.24, 2.45) is 0 Å². The molecule has 0 saturated carbocycles. The van der Waals surface area contributed by atoms with E-state index in [0.717, 1.165) is 12.5 Å². The van der Waals surface area contributed by atoms with Gasteiger partial charge >= 0.3 is 6.61 Å². The van der Waals surface area contributed by atoms with E-state index in [4.69, 9.17) is 0 Å². The summed E-state index contributed by atoms with van der Waals surface area (Å²) >= 11 is 0. The second-order valence-corrected chi connectivity index (χ2v) is 2.88. The molecule has 14 heavy (non-hydrogen) atoms. The highest BCUT2D eigenvalue weighted by Gasteiger charge is 2.09. The fourth-order valence-corrected chi connectivity index (χ4v) is 1.22. The Hall–Kier alpha value is -1.19. The second-order valence-electron chi connectivity index (χ2n) is 2.88. The first-order valence-electron chi connectivity index (χ1n) is 4.36. The van der Waals surface area contributed by atoms with Gasteiger partial charge in [0.25, 0.3) is 0 Å². The van der Waals surface area contributed by atoms with Gasteiger partial charge in [0, 0.05) is 0 Å². The van der Waals surface area contributed by atoms with Crippen LogP contribution in [0.4, 0.5) is 13.2 Å². The van der Waals surface area contributed by atoms with E-state index in [0.29, 0.717) is 12.0 Å². The Balaban J connectivity index is 2.89. The molecule has 0 spiro atoms. The molecule has 0 heterocycles. The zero-order chi connectivity index (χ0) is 10.6. The first kappa shape index (κ1) is 10.9. The molecule has 0 aliphatic rings. The highest BCUT2D eigenvalue weighted by Crippen LogP contribution is 2.22. The van der Waals surface area contributed by atoms with E-state index in [1.165, 1.54) is 12.1 Å². The summed E-state index contributed by atoms with van der Waals surface area (Å²) in [7, 11) is 0. The van der Waals surface area contributed by atoms with E-state index in [1.807, 2.05) is 6.92 Å². The highest BCUT2D eigenvalue weighted by molar-refractivity contribution is 5.34. The number of halogens is 3. The van der Waals surface area contributed by atoms with Gasteiger partial charge in [-0.25, -0.2) is 4.39 Å². The van der Waals surface area contributed by atoms with Crippen molar-refractivity contribution in [2.75, 3.05) is 0 Å². The quantitative estimate of drug-likeness (QED) is 0.730. The molecule has 0 unspecified atom stereocenters. The maximum atomic E-state index is 12.8. The van der Waals surface area contributed by atoms with Crippen LogP contribution in [0, 0.1) is 5.82 Å². The number of hydrogen-bond donors (Lipinski definition) is 0. The van der Waals surface area contributed by atoms with Crippen molar-refractivity contribution in [1.29, 1.82) is 0 Å². The predicted octanol–water partition coefficient (Wildman–Crippen LogP) is 3.38. The van der Waals surface area contributed by atoms with Crippen molar-refractivity contribution in [3.63, 3.8) is 0 Å². The molecule has 0 radical (unpaired) electrons. The third-order valence-corrected chi connectivity index (χ3v) is 1.76. The van der Waals surface area contributed by atoms with Gasteiger partial charge in [0.2, 0.25) is 0 Å². The highest BCUT2D eigenvalue weighted by atomic mass is 19.3. The first-order chi connectivity index (χ1) is 6.63. The molecule has 4 heteroatoms. The maximum absolute atomic E-state index is 12.8. The SMILES string of the molecule is CCCc1cc(F)ccc1OC(F)F. The summed E-state index contributed by atoms with van der Waals surface area (Å²) in [5.41, 5.74) is 0.479. The largest absolute Gasteiger partial charge is 0.435 e. The number of alkyl halides is 2. The van der Waals surface area contributed by atoms with Gasteiger partial charge in [0.05, 0.1) is 0 Å².